The van der Waals surface area contributed by atoms with E-state index in [-0.39, 0.29) is 28.6 Å². The molecular weight excluding hydrogens is 493 g/mol. The zero-order chi connectivity index (χ0) is 27.0. The molecule has 0 radical (unpaired) electrons. The smallest absolute Gasteiger partial charge is 0.344 e. The fourth-order valence-corrected chi connectivity index (χ4v) is 4.45. The lowest BCUT2D eigenvalue weighted by molar-refractivity contribution is -0.137. The second kappa shape index (κ2) is 9.48. The molecule has 0 aliphatic carbocycles. The molecule has 0 bridgehead atoms. The van der Waals surface area contributed by atoms with Gasteiger partial charge in [0.25, 0.3) is 11.5 Å². The Bertz CT molecular complexity index is 1790. The van der Waals surface area contributed by atoms with Crippen LogP contribution in [-0.4, -0.2) is 15.5 Å². The minimum absolute atomic E-state index is 0.113. The number of benzene rings is 3. The average molecular weight is 512 g/mol. The van der Waals surface area contributed by atoms with Crippen LogP contribution >= 0.6 is 0 Å². The summed E-state index contributed by atoms with van der Waals surface area (Å²) in [6.45, 7) is 1.80. The Morgan fingerprint density at radius 1 is 1.00 bits per heavy atom. The van der Waals surface area contributed by atoms with Crippen LogP contribution in [0.25, 0.3) is 27.4 Å². The molecular formula is C29H19F3N4O2. The van der Waals surface area contributed by atoms with Gasteiger partial charge < -0.3 is 5.32 Å². The highest BCUT2D eigenvalue weighted by Crippen LogP contribution is 2.31. The van der Waals surface area contributed by atoms with Gasteiger partial charge in [0.2, 0.25) is 0 Å². The standard InChI is InChI=1S/C29H19F3N4O2/c1-17(24-7-2-3-14-34-24)35-27(37)18-8-13-25-23(15-18)22-6-4-5-19(16-33)26(22)28(38)36(25)21-11-9-20(10-12-21)29(30,31)32/h2-15,17H,1H3,(H,35,37)/t17-/m0/s1. The predicted octanol–water partition coefficient (Wildman–Crippen LogP) is 5.92. The van der Waals surface area contributed by atoms with Gasteiger partial charge in [-0.2, -0.15) is 18.4 Å². The Morgan fingerprint density at radius 3 is 2.42 bits per heavy atom. The van der Waals surface area contributed by atoms with Gasteiger partial charge in [-0.05, 0) is 73.0 Å². The molecule has 0 fully saturated rings. The Morgan fingerprint density at radius 2 is 1.76 bits per heavy atom. The number of fused-ring (bicyclic) bond motifs is 3. The number of nitrogens with zero attached hydrogens (tertiary/aromatic N) is 3. The number of aromatic nitrogens is 2. The molecule has 1 amide bonds. The topological polar surface area (TPSA) is 87.8 Å². The maximum absolute atomic E-state index is 13.6. The van der Waals surface area contributed by atoms with Gasteiger partial charge >= 0.3 is 6.18 Å². The van der Waals surface area contributed by atoms with E-state index < -0.39 is 17.3 Å². The van der Waals surface area contributed by atoms with E-state index in [4.69, 9.17) is 0 Å². The minimum Gasteiger partial charge on any atom is -0.344 e. The summed E-state index contributed by atoms with van der Waals surface area (Å²) in [6, 6.07) is 20.8. The molecule has 0 spiro atoms. The van der Waals surface area contributed by atoms with E-state index in [1.165, 1.54) is 22.8 Å². The number of amides is 1. The fraction of sp³-hybridized carbons (Fsp3) is 0.103. The van der Waals surface area contributed by atoms with Crippen molar-refractivity contribution in [3.63, 3.8) is 0 Å². The van der Waals surface area contributed by atoms with Crippen molar-refractivity contribution in [2.45, 2.75) is 19.1 Å². The van der Waals surface area contributed by atoms with Crippen LogP contribution < -0.4 is 10.9 Å². The number of alkyl halides is 3. The summed E-state index contributed by atoms with van der Waals surface area (Å²) in [4.78, 5) is 31.0. The van der Waals surface area contributed by atoms with Crippen LogP contribution in [0.1, 0.15) is 40.1 Å². The van der Waals surface area contributed by atoms with E-state index in [2.05, 4.69) is 10.3 Å². The Balaban J connectivity index is 1.70. The van der Waals surface area contributed by atoms with Gasteiger partial charge in [0.05, 0.1) is 39.8 Å². The van der Waals surface area contributed by atoms with Gasteiger partial charge in [-0.25, -0.2) is 0 Å². The van der Waals surface area contributed by atoms with E-state index in [9.17, 15) is 28.0 Å². The highest BCUT2D eigenvalue weighted by molar-refractivity contribution is 6.10. The average Bonchev–Trinajstić information content (AvgIpc) is 2.92. The second-order valence-corrected chi connectivity index (χ2v) is 8.71. The molecule has 5 aromatic rings. The van der Waals surface area contributed by atoms with Crippen molar-refractivity contribution < 1.29 is 18.0 Å². The van der Waals surface area contributed by atoms with Crippen LogP contribution in [0.2, 0.25) is 0 Å². The number of nitrogens with one attached hydrogen (secondary N) is 1. The van der Waals surface area contributed by atoms with Crippen LogP contribution in [0.4, 0.5) is 13.2 Å². The summed E-state index contributed by atoms with van der Waals surface area (Å²) in [5, 5.41) is 13.6. The largest absolute Gasteiger partial charge is 0.416 e. The number of nitriles is 1. The Labute approximate surface area is 214 Å². The van der Waals surface area contributed by atoms with Crippen molar-refractivity contribution in [1.29, 1.82) is 5.26 Å². The van der Waals surface area contributed by atoms with Crippen LogP contribution in [0.5, 0.6) is 0 Å². The number of hydrogen-bond acceptors (Lipinski definition) is 4. The van der Waals surface area contributed by atoms with Crippen LogP contribution in [-0.2, 0) is 6.18 Å². The predicted molar refractivity (Wildman–Crippen MR) is 137 cm³/mol. The number of hydrogen-bond donors (Lipinski definition) is 1. The number of carbonyl (C=O) groups excluding carboxylic acids is 1. The van der Waals surface area contributed by atoms with E-state index in [1.807, 2.05) is 12.1 Å². The number of pyridine rings is 2. The van der Waals surface area contributed by atoms with E-state index in [1.54, 1.807) is 55.6 Å². The zero-order valence-corrected chi connectivity index (χ0v) is 20.0. The molecule has 2 heterocycles. The molecule has 188 valence electrons. The Hall–Kier alpha value is -4.97. The molecule has 9 heteroatoms. The second-order valence-electron chi connectivity index (χ2n) is 8.71. The first-order valence-electron chi connectivity index (χ1n) is 11.6. The van der Waals surface area contributed by atoms with Gasteiger partial charge in [-0.1, -0.05) is 18.2 Å². The molecule has 0 aliphatic rings. The van der Waals surface area contributed by atoms with Crippen molar-refractivity contribution in [1.82, 2.24) is 14.9 Å². The van der Waals surface area contributed by atoms with Crippen LogP contribution in [0.15, 0.2) is 89.9 Å². The first kappa shape index (κ1) is 24.7. The lowest BCUT2D eigenvalue weighted by Gasteiger charge is -2.17. The van der Waals surface area contributed by atoms with Crippen molar-refractivity contribution in [3.05, 3.63) is 118 Å². The molecule has 2 aromatic heterocycles. The van der Waals surface area contributed by atoms with Crippen molar-refractivity contribution >= 4 is 27.6 Å². The van der Waals surface area contributed by atoms with Crippen molar-refractivity contribution in [2.24, 2.45) is 0 Å². The third-order valence-corrected chi connectivity index (χ3v) is 6.32. The Kier molecular flexibility index (Phi) is 6.17. The number of carbonyl (C=O) groups is 1. The lowest BCUT2D eigenvalue weighted by atomic mass is 9.99. The number of rotatable bonds is 4. The van der Waals surface area contributed by atoms with Crippen LogP contribution in [0, 0.1) is 11.3 Å². The summed E-state index contributed by atoms with van der Waals surface area (Å²) < 4.78 is 40.7. The van der Waals surface area contributed by atoms with E-state index >= 15 is 0 Å². The third-order valence-electron chi connectivity index (χ3n) is 6.32. The summed E-state index contributed by atoms with van der Waals surface area (Å²) in [7, 11) is 0. The molecule has 1 atom stereocenters. The van der Waals surface area contributed by atoms with Gasteiger partial charge in [-0.15, -0.1) is 0 Å². The molecule has 0 saturated carbocycles. The first-order valence-corrected chi connectivity index (χ1v) is 11.6. The molecule has 3 aromatic carbocycles. The quantitative estimate of drug-likeness (QED) is 0.303. The number of halogens is 3. The van der Waals surface area contributed by atoms with Gasteiger partial charge in [0.15, 0.2) is 0 Å². The van der Waals surface area contributed by atoms with E-state index in [0.717, 1.165) is 12.1 Å². The van der Waals surface area contributed by atoms with Crippen molar-refractivity contribution in [3.8, 4) is 11.8 Å². The highest BCUT2D eigenvalue weighted by Gasteiger charge is 2.30. The molecule has 0 saturated heterocycles. The molecule has 1 N–H and O–H groups in total. The third kappa shape index (κ3) is 4.37. The molecule has 6 nitrogen and oxygen atoms in total. The fourth-order valence-electron chi connectivity index (χ4n) is 4.45. The normalized spacial score (nSPS) is 12.3. The summed E-state index contributed by atoms with van der Waals surface area (Å²) in [5.41, 5.74) is 0.288. The van der Waals surface area contributed by atoms with Gasteiger partial charge in [-0.3, -0.25) is 19.1 Å². The van der Waals surface area contributed by atoms with Crippen LogP contribution in [0.3, 0.4) is 0 Å². The maximum Gasteiger partial charge on any atom is 0.416 e. The molecule has 0 aliphatic heterocycles. The molecule has 5 rings (SSSR count). The van der Waals surface area contributed by atoms with Gasteiger partial charge in [0, 0.05) is 22.8 Å². The monoisotopic (exact) mass is 512 g/mol. The zero-order valence-electron chi connectivity index (χ0n) is 20.0. The summed E-state index contributed by atoms with van der Waals surface area (Å²) in [5.74, 6) is -0.373. The molecule has 38 heavy (non-hydrogen) atoms. The maximum atomic E-state index is 13.6. The first-order chi connectivity index (χ1) is 18.2. The highest BCUT2D eigenvalue weighted by atomic mass is 19.4. The molecule has 0 unspecified atom stereocenters. The minimum atomic E-state index is -4.53. The lowest BCUT2D eigenvalue weighted by Crippen LogP contribution is -2.27. The van der Waals surface area contributed by atoms with Crippen molar-refractivity contribution in [2.75, 3.05) is 0 Å². The van der Waals surface area contributed by atoms with Gasteiger partial charge in [0.1, 0.15) is 0 Å². The summed E-state index contributed by atoms with van der Waals surface area (Å²) >= 11 is 0. The summed E-state index contributed by atoms with van der Waals surface area (Å²) in [6.07, 6.45) is -2.90. The van der Waals surface area contributed by atoms with E-state index in [0.29, 0.717) is 27.5 Å². The SMILES string of the molecule is C[C@H](NC(=O)c1ccc2c(c1)c1cccc(C#N)c1c(=O)n2-c1ccc(C(F)(F)F)cc1)c1ccccn1.